The van der Waals surface area contributed by atoms with Crippen molar-refractivity contribution in [1.82, 2.24) is 4.90 Å². The average molecular weight is 477 g/mol. The zero-order chi connectivity index (χ0) is 24.0. The van der Waals surface area contributed by atoms with Crippen molar-refractivity contribution in [2.75, 3.05) is 12.9 Å². The van der Waals surface area contributed by atoms with Gasteiger partial charge >= 0.3 is 0 Å². The quantitative estimate of drug-likeness (QED) is 0.407. The Kier molecular flexibility index (Phi) is 7.49. The number of likely N-dealkylation sites (tertiary alicyclic amines) is 1. The van der Waals surface area contributed by atoms with Crippen molar-refractivity contribution in [3.8, 4) is 0 Å². The van der Waals surface area contributed by atoms with Crippen molar-refractivity contribution in [2.24, 2.45) is 5.16 Å². The minimum Gasteiger partial charge on any atom is -0.399 e. The van der Waals surface area contributed by atoms with Gasteiger partial charge in [-0.1, -0.05) is 84.0 Å². The first-order valence-corrected chi connectivity index (χ1v) is 13.4. The molecule has 1 saturated heterocycles. The molecule has 1 aliphatic heterocycles. The van der Waals surface area contributed by atoms with Gasteiger partial charge < -0.3 is 4.84 Å². The van der Waals surface area contributed by atoms with Gasteiger partial charge in [-0.15, -0.1) is 0 Å². The molecule has 0 aromatic heterocycles. The molecule has 1 heterocycles. The predicted molar refractivity (Wildman–Crippen MR) is 136 cm³/mol. The highest BCUT2D eigenvalue weighted by atomic mass is 32.2. The summed E-state index contributed by atoms with van der Waals surface area (Å²) in [5.41, 5.74) is 2.39. The maximum Gasteiger partial charge on any atom is 0.178 e. The van der Waals surface area contributed by atoms with Gasteiger partial charge in [0.05, 0.1) is 21.9 Å². The van der Waals surface area contributed by atoms with Gasteiger partial charge in [0.2, 0.25) is 0 Å². The summed E-state index contributed by atoms with van der Waals surface area (Å²) in [6, 6.07) is 29.4. The number of rotatable bonds is 8. The molecule has 0 amide bonds. The Balaban J connectivity index is 1.83. The van der Waals surface area contributed by atoms with Gasteiger partial charge in [-0.3, -0.25) is 4.90 Å². The van der Waals surface area contributed by atoms with Crippen LogP contribution < -0.4 is 0 Å². The van der Waals surface area contributed by atoms with Crippen LogP contribution in [-0.2, 0) is 26.8 Å². The van der Waals surface area contributed by atoms with E-state index < -0.39 is 15.4 Å². The van der Waals surface area contributed by atoms with Crippen LogP contribution in [0.3, 0.4) is 0 Å². The molecule has 0 radical (unpaired) electrons. The largest absolute Gasteiger partial charge is 0.399 e. The smallest absolute Gasteiger partial charge is 0.178 e. The molecule has 0 spiro atoms. The van der Waals surface area contributed by atoms with Crippen LogP contribution in [0.15, 0.2) is 101 Å². The van der Waals surface area contributed by atoms with Crippen LogP contribution in [0, 0.1) is 0 Å². The van der Waals surface area contributed by atoms with Gasteiger partial charge in [-0.2, -0.15) is 0 Å². The van der Waals surface area contributed by atoms with Gasteiger partial charge in [0, 0.05) is 12.6 Å². The molecule has 2 atom stereocenters. The molecule has 5 nitrogen and oxygen atoms in total. The van der Waals surface area contributed by atoms with Crippen molar-refractivity contribution in [3.05, 3.63) is 102 Å². The van der Waals surface area contributed by atoms with Crippen LogP contribution in [0.2, 0.25) is 0 Å². The standard InChI is InChI=1S/C28H32N2O3S/c1-23-18-19-27(29-33-2)28(25-14-8-4-9-15-25,30(23)22-24-12-6-3-7-13-24)20-21-34(31,32)26-16-10-5-11-17-26/h3-17,23H,18-22H2,1-2H3/b29-27-. The summed E-state index contributed by atoms with van der Waals surface area (Å²) < 4.78 is 26.7. The Morgan fingerprint density at radius 3 is 2.15 bits per heavy atom. The van der Waals surface area contributed by atoms with Crippen molar-refractivity contribution >= 4 is 15.5 Å². The third-order valence-corrected chi connectivity index (χ3v) is 8.51. The van der Waals surface area contributed by atoms with E-state index >= 15 is 0 Å². The van der Waals surface area contributed by atoms with E-state index in [1.54, 1.807) is 31.4 Å². The number of hydrogen-bond donors (Lipinski definition) is 0. The Morgan fingerprint density at radius 1 is 0.941 bits per heavy atom. The molecule has 0 bridgehead atoms. The molecule has 2 unspecified atom stereocenters. The summed E-state index contributed by atoms with van der Waals surface area (Å²) in [4.78, 5) is 8.09. The Morgan fingerprint density at radius 2 is 1.53 bits per heavy atom. The molecular formula is C28H32N2O3S. The summed E-state index contributed by atoms with van der Waals surface area (Å²) in [6.07, 6.45) is 2.06. The van der Waals surface area contributed by atoms with Crippen molar-refractivity contribution in [2.45, 2.75) is 49.2 Å². The van der Waals surface area contributed by atoms with Gasteiger partial charge in [0.1, 0.15) is 7.11 Å². The third-order valence-electron chi connectivity index (χ3n) is 6.78. The monoisotopic (exact) mass is 476 g/mol. The molecule has 178 valence electrons. The van der Waals surface area contributed by atoms with E-state index in [-0.39, 0.29) is 11.8 Å². The lowest BCUT2D eigenvalue weighted by molar-refractivity contribution is 0.0593. The normalized spacial score (nSPS) is 22.5. The lowest BCUT2D eigenvalue weighted by Gasteiger charge is -2.51. The van der Waals surface area contributed by atoms with Gasteiger partial charge in [0.15, 0.2) is 9.84 Å². The fourth-order valence-electron chi connectivity index (χ4n) is 5.06. The molecule has 3 aromatic carbocycles. The van der Waals surface area contributed by atoms with Crippen LogP contribution in [-0.4, -0.2) is 37.9 Å². The summed E-state index contributed by atoms with van der Waals surface area (Å²) in [6.45, 7) is 2.90. The maximum absolute atomic E-state index is 13.4. The molecule has 4 rings (SSSR count). The van der Waals surface area contributed by atoms with E-state index in [1.807, 2.05) is 42.5 Å². The number of nitrogens with zero attached hydrogens (tertiary/aromatic N) is 2. The van der Waals surface area contributed by atoms with Gasteiger partial charge in [-0.05, 0) is 49.4 Å². The van der Waals surface area contributed by atoms with E-state index in [4.69, 9.17) is 4.84 Å². The number of oxime groups is 1. The predicted octanol–water partition coefficient (Wildman–Crippen LogP) is 5.43. The summed E-state index contributed by atoms with van der Waals surface area (Å²) in [5, 5.41) is 4.49. The van der Waals surface area contributed by atoms with Crippen molar-refractivity contribution in [3.63, 3.8) is 0 Å². The Bertz CT molecular complexity index is 1200. The molecule has 0 aliphatic carbocycles. The first-order valence-electron chi connectivity index (χ1n) is 11.7. The zero-order valence-corrected chi connectivity index (χ0v) is 20.6. The highest BCUT2D eigenvalue weighted by Gasteiger charge is 2.49. The topological polar surface area (TPSA) is 59.0 Å². The first-order chi connectivity index (χ1) is 16.5. The number of sulfone groups is 1. The SMILES string of the molecule is CO/N=C1/CCC(C)N(Cc2ccccc2)C1(CCS(=O)(=O)c1ccccc1)c1ccccc1. The van der Waals surface area contributed by atoms with E-state index in [2.05, 4.69) is 41.2 Å². The van der Waals surface area contributed by atoms with Crippen LogP contribution in [0.4, 0.5) is 0 Å². The van der Waals surface area contributed by atoms with Crippen LogP contribution in [0.1, 0.15) is 37.3 Å². The summed E-state index contributed by atoms with van der Waals surface area (Å²) >= 11 is 0. The van der Waals surface area contributed by atoms with Gasteiger partial charge in [-0.25, -0.2) is 8.42 Å². The molecular weight excluding hydrogens is 444 g/mol. The van der Waals surface area contributed by atoms with Gasteiger partial charge in [0.25, 0.3) is 0 Å². The van der Waals surface area contributed by atoms with E-state index in [0.29, 0.717) is 17.9 Å². The summed E-state index contributed by atoms with van der Waals surface area (Å²) in [5.74, 6) is 0.00660. The van der Waals surface area contributed by atoms with E-state index in [9.17, 15) is 8.42 Å². The lowest BCUT2D eigenvalue weighted by atomic mass is 9.74. The first kappa shape index (κ1) is 24.2. The molecule has 0 saturated carbocycles. The van der Waals surface area contributed by atoms with Crippen LogP contribution >= 0.6 is 0 Å². The molecule has 3 aromatic rings. The number of hydrogen-bond acceptors (Lipinski definition) is 5. The second-order valence-corrected chi connectivity index (χ2v) is 10.9. The fraction of sp³-hybridized carbons (Fsp3) is 0.321. The van der Waals surface area contributed by atoms with E-state index in [1.165, 1.54) is 5.56 Å². The Hall–Kier alpha value is -2.96. The fourth-order valence-corrected chi connectivity index (χ4v) is 6.43. The molecule has 6 heteroatoms. The van der Waals surface area contributed by atoms with E-state index in [0.717, 1.165) is 24.1 Å². The summed E-state index contributed by atoms with van der Waals surface area (Å²) in [7, 11) is -1.92. The average Bonchev–Trinajstić information content (AvgIpc) is 2.87. The van der Waals surface area contributed by atoms with Crippen molar-refractivity contribution < 1.29 is 13.3 Å². The van der Waals surface area contributed by atoms with Crippen LogP contribution in [0.5, 0.6) is 0 Å². The molecule has 1 fully saturated rings. The molecule has 0 N–H and O–H groups in total. The van der Waals surface area contributed by atoms with Crippen LogP contribution in [0.25, 0.3) is 0 Å². The number of benzene rings is 3. The second kappa shape index (κ2) is 10.5. The second-order valence-electron chi connectivity index (χ2n) is 8.83. The maximum atomic E-state index is 13.4. The Labute approximate surface area is 203 Å². The zero-order valence-electron chi connectivity index (χ0n) is 19.8. The highest BCUT2D eigenvalue weighted by molar-refractivity contribution is 7.91. The molecule has 1 aliphatic rings. The highest BCUT2D eigenvalue weighted by Crippen LogP contribution is 2.43. The lowest BCUT2D eigenvalue weighted by Crippen LogP contribution is -2.59. The molecule has 34 heavy (non-hydrogen) atoms. The van der Waals surface area contributed by atoms with Crippen molar-refractivity contribution in [1.29, 1.82) is 0 Å². The third kappa shape index (κ3) is 4.93. The minimum atomic E-state index is -3.48. The minimum absolute atomic E-state index is 0.00660. The number of piperidine rings is 1.